The smallest absolute Gasteiger partial charge is 0.256 e. The fourth-order valence-corrected chi connectivity index (χ4v) is 2.89. The van der Waals surface area contributed by atoms with Crippen LogP contribution in [0, 0.1) is 6.92 Å². The number of hydrogen-bond donors (Lipinski definition) is 0. The lowest BCUT2D eigenvalue weighted by molar-refractivity contribution is 0.0712. The molecule has 18 heavy (non-hydrogen) atoms. The zero-order valence-electron chi connectivity index (χ0n) is 10.3. The molecule has 5 heteroatoms. The third kappa shape index (κ3) is 1.71. The monoisotopic (exact) mass is 259 g/mol. The van der Waals surface area contributed by atoms with E-state index in [0.717, 1.165) is 22.0 Å². The quantitative estimate of drug-likeness (QED) is 0.832. The Kier molecular flexibility index (Phi) is 2.63. The Labute approximate surface area is 109 Å². The fourth-order valence-electron chi connectivity index (χ4n) is 2.19. The van der Waals surface area contributed by atoms with Gasteiger partial charge in [0, 0.05) is 11.6 Å². The van der Waals surface area contributed by atoms with E-state index in [1.165, 1.54) is 0 Å². The SMILES string of the molecule is Cc1nc(C(C)N2Cc3ncccc3C2=O)cs1. The molecule has 3 rings (SSSR count). The predicted octanol–water partition coefficient (Wildman–Crippen LogP) is 2.56. The van der Waals surface area contributed by atoms with E-state index in [1.807, 2.05) is 30.2 Å². The van der Waals surface area contributed by atoms with Gasteiger partial charge in [-0.3, -0.25) is 9.78 Å². The van der Waals surface area contributed by atoms with Gasteiger partial charge < -0.3 is 4.90 Å². The number of amides is 1. The number of fused-ring (bicyclic) bond motifs is 1. The first kappa shape index (κ1) is 11.3. The van der Waals surface area contributed by atoms with Crippen molar-refractivity contribution in [2.75, 3.05) is 0 Å². The van der Waals surface area contributed by atoms with Crippen LogP contribution < -0.4 is 0 Å². The van der Waals surface area contributed by atoms with Gasteiger partial charge in [-0.15, -0.1) is 11.3 Å². The van der Waals surface area contributed by atoms with Crippen molar-refractivity contribution in [3.05, 3.63) is 45.7 Å². The highest BCUT2D eigenvalue weighted by molar-refractivity contribution is 7.09. The second-order valence-corrected chi connectivity index (χ2v) is 5.46. The summed E-state index contributed by atoms with van der Waals surface area (Å²) >= 11 is 1.61. The Bertz CT molecular complexity index is 608. The normalized spacial score (nSPS) is 15.9. The van der Waals surface area contributed by atoms with Crippen LogP contribution in [-0.4, -0.2) is 20.8 Å². The van der Waals surface area contributed by atoms with Crippen molar-refractivity contribution >= 4 is 17.2 Å². The van der Waals surface area contributed by atoms with E-state index in [2.05, 4.69) is 9.97 Å². The molecule has 1 atom stereocenters. The Morgan fingerprint density at radius 2 is 2.33 bits per heavy atom. The number of aromatic nitrogens is 2. The van der Waals surface area contributed by atoms with Crippen LogP contribution in [0.25, 0.3) is 0 Å². The van der Waals surface area contributed by atoms with Gasteiger partial charge in [-0.25, -0.2) is 4.98 Å². The van der Waals surface area contributed by atoms with Gasteiger partial charge in [-0.05, 0) is 26.0 Å². The molecule has 0 radical (unpaired) electrons. The van der Waals surface area contributed by atoms with Crippen molar-refractivity contribution in [2.24, 2.45) is 0 Å². The molecule has 0 spiro atoms. The van der Waals surface area contributed by atoms with Crippen molar-refractivity contribution in [3.63, 3.8) is 0 Å². The lowest BCUT2D eigenvalue weighted by Crippen LogP contribution is -2.27. The number of carbonyl (C=O) groups excluding carboxylic acids is 1. The average molecular weight is 259 g/mol. The zero-order valence-corrected chi connectivity index (χ0v) is 11.1. The molecule has 0 saturated carbocycles. The summed E-state index contributed by atoms with van der Waals surface area (Å²) in [6.45, 7) is 4.56. The van der Waals surface area contributed by atoms with Gasteiger partial charge in [-0.1, -0.05) is 0 Å². The van der Waals surface area contributed by atoms with Crippen LogP contribution in [-0.2, 0) is 6.54 Å². The third-order valence-corrected chi connectivity index (χ3v) is 4.03. The Hall–Kier alpha value is -1.75. The van der Waals surface area contributed by atoms with Crippen LogP contribution in [0.4, 0.5) is 0 Å². The first-order valence-corrected chi connectivity index (χ1v) is 6.71. The molecule has 0 N–H and O–H groups in total. The van der Waals surface area contributed by atoms with Gasteiger partial charge in [0.2, 0.25) is 0 Å². The summed E-state index contributed by atoms with van der Waals surface area (Å²) in [6, 6.07) is 3.64. The average Bonchev–Trinajstić information content (AvgIpc) is 2.94. The van der Waals surface area contributed by atoms with Crippen molar-refractivity contribution in [3.8, 4) is 0 Å². The number of aryl methyl sites for hydroxylation is 1. The van der Waals surface area contributed by atoms with Crippen LogP contribution in [0.2, 0.25) is 0 Å². The highest BCUT2D eigenvalue weighted by Gasteiger charge is 2.32. The van der Waals surface area contributed by atoms with Crippen molar-refractivity contribution < 1.29 is 4.79 Å². The molecule has 3 heterocycles. The summed E-state index contributed by atoms with van der Waals surface area (Å²) < 4.78 is 0. The summed E-state index contributed by atoms with van der Waals surface area (Å²) in [6.07, 6.45) is 1.73. The van der Waals surface area contributed by atoms with E-state index in [9.17, 15) is 4.79 Å². The number of nitrogens with zero attached hydrogens (tertiary/aromatic N) is 3. The first-order chi connectivity index (χ1) is 8.66. The molecule has 1 amide bonds. The summed E-state index contributed by atoms with van der Waals surface area (Å²) in [5, 5.41) is 3.04. The number of carbonyl (C=O) groups is 1. The second-order valence-electron chi connectivity index (χ2n) is 4.40. The standard InChI is InChI=1S/C13H13N3OS/c1-8(12-7-18-9(2)15-12)16-6-11-10(13(16)17)4-3-5-14-11/h3-5,7-8H,6H2,1-2H3. The minimum Gasteiger partial charge on any atom is -0.324 e. The number of thiazole rings is 1. The summed E-state index contributed by atoms with van der Waals surface area (Å²) in [4.78, 5) is 22.8. The van der Waals surface area contributed by atoms with Crippen LogP contribution in [0.3, 0.4) is 0 Å². The highest BCUT2D eigenvalue weighted by Crippen LogP contribution is 2.30. The van der Waals surface area contributed by atoms with Gasteiger partial charge in [-0.2, -0.15) is 0 Å². The topological polar surface area (TPSA) is 46.1 Å². The lowest BCUT2D eigenvalue weighted by Gasteiger charge is -2.22. The van der Waals surface area contributed by atoms with Crippen molar-refractivity contribution in [1.29, 1.82) is 0 Å². The van der Waals surface area contributed by atoms with Crippen LogP contribution in [0.15, 0.2) is 23.7 Å². The maximum absolute atomic E-state index is 12.3. The third-order valence-electron chi connectivity index (χ3n) is 3.23. The molecule has 4 nitrogen and oxygen atoms in total. The molecule has 2 aromatic heterocycles. The number of pyridine rings is 1. The highest BCUT2D eigenvalue weighted by atomic mass is 32.1. The maximum atomic E-state index is 12.3. The molecular formula is C13H13N3OS. The molecule has 2 aromatic rings. The van der Waals surface area contributed by atoms with Crippen LogP contribution in [0.1, 0.15) is 39.7 Å². The van der Waals surface area contributed by atoms with E-state index in [4.69, 9.17) is 0 Å². The second kappa shape index (κ2) is 4.17. The van der Waals surface area contributed by atoms with E-state index in [1.54, 1.807) is 23.6 Å². The van der Waals surface area contributed by atoms with Crippen molar-refractivity contribution in [2.45, 2.75) is 26.4 Å². The van der Waals surface area contributed by atoms with Crippen LogP contribution in [0.5, 0.6) is 0 Å². The maximum Gasteiger partial charge on any atom is 0.256 e. The molecule has 1 aliphatic rings. The molecule has 1 unspecified atom stereocenters. The van der Waals surface area contributed by atoms with E-state index >= 15 is 0 Å². The van der Waals surface area contributed by atoms with Gasteiger partial charge in [0.1, 0.15) is 0 Å². The summed E-state index contributed by atoms with van der Waals surface area (Å²) in [5.74, 6) is 0.0521. The minimum atomic E-state index is -0.00310. The van der Waals surface area contributed by atoms with E-state index in [0.29, 0.717) is 6.54 Å². The molecule has 0 bridgehead atoms. The number of hydrogen-bond acceptors (Lipinski definition) is 4. The van der Waals surface area contributed by atoms with Gasteiger partial charge in [0.05, 0.1) is 34.5 Å². The first-order valence-electron chi connectivity index (χ1n) is 5.83. The van der Waals surface area contributed by atoms with E-state index in [-0.39, 0.29) is 11.9 Å². The molecule has 92 valence electrons. The zero-order chi connectivity index (χ0) is 12.7. The molecule has 0 aromatic carbocycles. The van der Waals surface area contributed by atoms with Gasteiger partial charge >= 0.3 is 0 Å². The Morgan fingerprint density at radius 3 is 3.00 bits per heavy atom. The summed E-state index contributed by atoms with van der Waals surface area (Å²) in [7, 11) is 0. The molecule has 1 aliphatic heterocycles. The van der Waals surface area contributed by atoms with Gasteiger partial charge in [0.15, 0.2) is 0 Å². The minimum absolute atomic E-state index is 0.00310. The predicted molar refractivity (Wildman–Crippen MR) is 69.4 cm³/mol. The van der Waals surface area contributed by atoms with Crippen LogP contribution >= 0.6 is 11.3 Å². The van der Waals surface area contributed by atoms with Crippen molar-refractivity contribution in [1.82, 2.24) is 14.9 Å². The lowest BCUT2D eigenvalue weighted by atomic mass is 10.2. The largest absolute Gasteiger partial charge is 0.324 e. The molecule has 0 fully saturated rings. The molecular weight excluding hydrogens is 246 g/mol. The Balaban J connectivity index is 1.90. The van der Waals surface area contributed by atoms with E-state index < -0.39 is 0 Å². The molecule has 0 saturated heterocycles. The Morgan fingerprint density at radius 1 is 1.50 bits per heavy atom. The molecule has 0 aliphatic carbocycles. The van der Waals surface area contributed by atoms with Gasteiger partial charge in [0.25, 0.3) is 5.91 Å². The number of rotatable bonds is 2. The fraction of sp³-hybridized carbons (Fsp3) is 0.308. The summed E-state index contributed by atoms with van der Waals surface area (Å²) in [5.41, 5.74) is 2.54.